The quantitative estimate of drug-likeness (QED) is 0.803. The second kappa shape index (κ2) is 6.52. The molecule has 0 atom stereocenters. The van der Waals surface area contributed by atoms with Crippen LogP contribution in [0.2, 0.25) is 0 Å². The van der Waals surface area contributed by atoms with Gasteiger partial charge in [0, 0.05) is 31.4 Å². The SMILES string of the molecule is CCN(C(=O)CNCc1ccc(OC)nc1)C1CC1. The van der Waals surface area contributed by atoms with Crippen LogP contribution >= 0.6 is 0 Å². The van der Waals surface area contributed by atoms with E-state index in [2.05, 4.69) is 10.3 Å². The van der Waals surface area contributed by atoms with E-state index in [1.54, 1.807) is 13.3 Å². The minimum atomic E-state index is 0.187. The van der Waals surface area contributed by atoms with Crippen LogP contribution in [0.4, 0.5) is 0 Å². The van der Waals surface area contributed by atoms with Gasteiger partial charge in [0.15, 0.2) is 0 Å². The molecule has 0 saturated heterocycles. The fraction of sp³-hybridized carbons (Fsp3) is 0.571. The van der Waals surface area contributed by atoms with Crippen LogP contribution in [0.1, 0.15) is 25.3 Å². The maximum Gasteiger partial charge on any atom is 0.236 e. The van der Waals surface area contributed by atoms with E-state index in [1.807, 2.05) is 24.0 Å². The Hall–Kier alpha value is -1.62. The van der Waals surface area contributed by atoms with Crippen LogP contribution in [0.25, 0.3) is 0 Å². The second-order valence-corrected chi connectivity index (χ2v) is 4.72. The van der Waals surface area contributed by atoms with E-state index in [-0.39, 0.29) is 5.91 Å². The molecule has 5 heteroatoms. The van der Waals surface area contributed by atoms with E-state index in [0.717, 1.165) is 24.9 Å². The molecule has 0 aliphatic heterocycles. The van der Waals surface area contributed by atoms with E-state index in [1.165, 1.54) is 0 Å². The fourth-order valence-electron chi connectivity index (χ4n) is 2.08. The van der Waals surface area contributed by atoms with Crippen molar-refractivity contribution in [2.24, 2.45) is 0 Å². The van der Waals surface area contributed by atoms with Gasteiger partial charge in [-0.05, 0) is 25.3 Å². The van der Waals surface area contributed by atoms with Crippen molar-refractivity contribution in [1.29, 1.82) is 0 Å². The fourth-order valence-corrected chi connectivity index (χ4v) is 2.08. The Morgan fingerprint density at radius 3 is 2.84 bits per heavy atom. The Kier molecular flexibility index (Phi) is 4.74. The zero-order chi connectivity index (χ0) is 13.7. The molecule has 1 aliphatic carbocycles. The summed E-state index contributed by atoms with van der Waals surface area (Å²) in [6, 6.07) is 4.25. The summed E-state index contributed by atoms with van der Waals surface area (Å²) in [6.45, 7) is 3.86. The van der Waals surface area contributed by atoms with Crippen LogP contribution in [0.15, 0.2) is 18.3 Å². The molecule has 1 fully saturated rings. The third-order valence-corrected chi connectivity index (χ3v) is 3.26. The minimum absolute atomic E-state index is 0.187. The van der Waals surface area contributed by atoms with Crippen molar-refractivity contribution < 1.29 is 9.53 Å². The smallest absolute Gasteiger partial charge is 0.236 e. The van der Waals surface area contributed by atoms with E-state index in [0.29, 0.717) is 25.0 Å². The number of carbonyl (C=O) groups is 1. The van der Waals surface area contributed by atoms with Gasteiger partial charge in [-0.1, -0.05) is 6.07 Å². The van der Waals surface area contributed by atoms with Gasteiger partial charge in [0.2, 0.25) is 11.8 Å². The van der Waals surface area contributed by atoms with Gasteiger partial charge in [-0.2, -0.15) is 0 Å². The Balaban J connectivity index is 1.74. The van der Waals surface area contributed by atoms with Gasteiger partial charge in [0.25, 0.3) is 0 Å². The molecule has 19 heavy (non-hydrogen) atoms. The topological polar surface area (TPSA) is 54.5 Å². The first kappa shape index (κ1) is 13.8. The van der Waals surface area contributed by atoms with Crippen molar-refractivity contribution >= 4 is 5.91 Å². The predicted octanol–water partition coefficient (Wildman–Crippen LogP) is 1.19. The van der Waals surface area contributed by atoms with Crippen LogP contribution < -0.4 is 10.1 Å². The first-order chi connectivity index (χ1) is 9.24. The number of nitrogens with zero attached hydrogens (tertiary/aromatic N) is 2. The van der Waals surface area contributed by atoms with Crippen molar-refractivity contribution in [3.05, 3.63) is 23.9 Å². The third kappa shape index (κ3) is 3.92. The highest BCUT2D eigenvalue weighted by Gasteiger charge is 2.30. The lowest BCUT2D eigenvalue weighted by Gasteiger charge is -2.20. The summed E-state index contributed by atoms with van der Waals surface area (Å²) in [7, 11) is 1.59. The van der Waals surface area contributed by atoms with Crippen LogP contribution in [-0.4, -0.2) is 42.0 Å². The van der Waals surface area contributed by atoms with Gasteiger partial charge >= 0.3 is 0 Å². The van der Waals surface area contributed by atoms with Gasteiger partial charge in [0.05, 0.1) is 13.7 Å². The monoisotopic (exact) mass is 263 g/mol. The zero-order valence-electron chi connectivity index (χ0n) is 11.6. The van der Waals surface area contributed by atoms with Gasteiger partial charge in [0.1, 0.15) is 0 Å². The minimum Gasteiger partial charge on any atom is -0.481 e. The molecule has 1 amide bonds. The Morgan fingerprint density at radius 2 is 2.32 bits per heavy atom. The number of rotatable bonds is 7. The molecule has 104 valence electrons. The number of pyridine rings is 1. The Bertz CT molecular complexity index is 415. The van der Waals surface area contributed by atoms with Crippen LogP contribution in [0.5, 0.6) is 5.88 Å². The second-order valence-electron chi connectivity index (χ2n) is 4.72. The van der Waals surface area contributed by atoms with Crippen molar-refractivity contribution in [1.82, 2.24) is 15.2 Å². The summed E-state index contributed by atoms with van der Waals surface area (Å²) in [5.41, 5.74) is 1.04. The van der Waals surface area contributed by atoms with Crippen LogP contribution in [0.3, 0.4) is 0 Å². The molecule has 0 bridgehead atoms. The summed E-state index contributed by atoms with van der Waals surface area (Å²) in [5, 5.41) is 3.16. The van der Waals surface area contributed by atoms with E-state index in [9.17, 15) is 4.79 Å². The number of ether oxygens (including phenoxy) is 1. The molecule has 5 nitrogen and oxygen atoms in total. The maximum absolute atomic E-state index is 12.0. The van der Waals surface area contributed by atoms with Crippen molar-refractivity contribution in [2.45, 2.75) is 32.4 Å². The number of likely N-dealkylation sites (N-methyl/N-ethyl adjacent to an activating group) is 1. The largest absolute Gasteiger partial charge is 0.481 e. The lowest BCUT2D eigenvalue weighted by molar-refractivity contribution is -0.130. The molecule has 1 aliphatic rings. The highest BCUT2D eigenvalue weighted by atomic mass is 16.5. The van der Waals surface area contributed by atoms with Gasteiger partial charge in [-0.25, -0.2) is 4.98 Å². The molecular formula is C14H21N3O2. The van der Waals surface area contributed by atoms with E-state index < -0.39 is 0 Å². The summed E-state index contributed by atoms with van der Waals surface area (Å²) in [5.74, 6) is 0.789. The first-order valence-electron chi connectivity index (χ1n) is 6.73. The lowest BCUT2D eigenvalue weighted by Crippen LogP contribution is -2.39. The van der Waals surface area contributed by atoms with Gasteiger partial charge in [-0.3, -0.25) is 4.79 Å². The van der Waals surface area contributed by atoms with Crippen molar-refractivity contribution in [3.8, 4) is 5.88 Å². The highest BCUT2D eigenvalue weighted by molar-refractivity contribution is 5.78. The summed E-state index contributed by atoms with van der Waals surface area (Å²) >= 11 is 0. The normalized spacial score (nSPS) is 14.2. The average Bonchev–Trinajstić information content (AvgIpc) is 3.25. The standard InChI is InChI=1S/C14H21N3O2/c1-3-17(12-5-6-12)14(18)10-15-8-11-4-7-13(19-2)16-9-11/h4,7,9,12,15H,3,5-6,8,10H2,1-2H3. The number of carbonyl (C=O) groups excluding carboxylic acids is 1. The van der Waals surface area contributed by atoms with Gasteiger partial charge < -0.3 is 15.0 Å². The Labute approximate surface area is 114 Å². The van der Waals surface area contributed by atoms with E-state index in [4.69, 9.17) is 4.74 Å². The molecule has 1 aromatic heterocycles. The third-order valence-electron chi connectivity index (χ3n) is 3.26. The number of amides is 1. The van der Waals surface area contributed by atoms with Gasteiger partial charge in [-0.15, -0.1) is 0 Å². The predicted molar refractivity (Wildman–Crippen MR) is 72.9 cm³/mol. The molecule has 0 radical (unpaired) electrons. The molecule has 1 aromatic rings. The van der Waals surface area contributed by atoms with Crippen molar-refractivity contribution in [3.63, 3.8) is 0 Å². The number of aromatic nitrogens is 1. The lowest BCUT2D eigenvalue weighted by atomic mass is 10.3. The molecule has 1 saturated carbocycles. The molecular weight excluding hydrogens is 242 g/mol. The number of hydrogen-bond donors (Lipinski definition) is 1. The number of hydrogen-bond acceptors (Lipinski definition) is 4. The first-order valence-corrected chi connectivity index (χ1v) is 6.73. The molecule has 2 rings (SSSR count). The Morgan fingerprint density at radius 1 is 1.53 bits per heavy atom. The molecule has 0 unspecified atom stereocenters. The van der Waals surface area contributed by atoms with Crippen LogP contribution in [-0.2, 0) is 11.3 Å². The molecule has 0 aromatic carbocycles. The molecule has 0 spiro atoms. The number of nitrogens with one attached hydrogen (secondary N) is 1. The highest BCUT2D eigenvalue weighted by Crippen LogP contribution is 2.26. The summed E-state index contributed by atoms with van der Waals surface area (Å²) in [4.78, 5) is 18.1. The summed E-state index contributed by atoms with van der Waals surface area (Å²) in [6.07, 6.45) is 4.07. The van der Waals surface area contributed by atoms with Crippen LogP contribution in [0, 0.1) is 0 Å². The molecule has 1 N–H and O–H groups in total. The summed E-state index contributed by atoms with van der Waals surface area (Å²) < 4.78 is 5.00. The average molecular weight is 263 g/mol. The maximum atomic E-state index is 12.0. The van der Waals surface area contributed by atoms with E-state index >= 15 is 0 Å². The zero-order valence-corrected chi connectivity index (χ0v) is 11.6. The van der Waals surface area contributed by atoms with Crippen molar-refractivity contribution in [2.75, 3.05) is 20.2 Å². The molecule has 1 heterocycles. The number of methoxy groups -OCH3 is 1.